The van der Waals surface area contributed by atoms with Gasteiger partial charge in [-0.25, -0.2) is 0 Å². The number of azide groups is 1. The normalized spacial score (nSPS) is 33.7. The lowest BCUT2D eigenvalue weighted by Crippen LogP contribution is -2.41. The molecule has 49 heavy (non-hydrogen) atoms. The minimum absolute atomic E-state index is 0.0134. The van der Waals surface area contributed by atoms with E-state index in [1.807, 2.05) is 34.7 Å². The number of likely N-dealkylation sites (N-methyl/N-ethyl adjacent to an activating group) is 2. The Morgan fingerprint density at radius 3 is 1.55 bits per heavy atom. The average Bonchev–Trinajstić information content (AvgIpc) is 3.57. The molecule has 0 amide bonds. The van der Waals surface area contributed by atoms with Crippen molar-refractivity contribution in [3.63, 3.8) is 0 Å². The summed E-state index contributed by atoms with van der Waals surface area (Å²) in [5.74, 6) is -0.0663. The zero-order valence-electron chi connectivity index (χ0n) is 31.0. The number of carbonyl (C=O) groups excluding carboxylic acids is 2. The molecule has 0 N–H and O–H groups in total. The molecule has 0 aromatic rings. The highest BCUT2D eigenvalue weighted by atomic mass is 16.5. The van der Waals surface area contributed by atoms with E-state index in [2.05, 4.69) is 26.9 Å². The number of ether oxygens (including phenoxy) is 7. The van der Waals surface area contributed by atoms with Crippen LogP contribution in [0, 0.1) is 11.8 Å². The van der Waals surface area contributed by atoms with Crippen LogP contribution in [-0.4, -0.2) is 144 Å². The van der Waals surface area contributed by atoms with Crippen molar-refractivity contribution in [1.82, 2.24) is 9.80 Å². The summed E-state index contributed by atoms with van der Waals surface area (Å²) in [6, 6.07) is 0.124. The van der Waals surface area contributed by atoms with E-state index in [0.29, 0.717) is 46.2 Å². The average molecular weight is 698 g/mol. The Morgan fingerprint density at radius 1 is 0.673 bits per heavy atom. The molecule has 2 heterocycles. The second-order valence-electron chi connectivity index (χ2n) is 13.5. The maximum atomic E-state index is 11.8. The number of carbonyl (C=O) groups is 2. The predicted octanol–water partition coefficient (Wildman–Crippen LogP) is 4.38. The Hall–Kier alpha value is -2.03. The zero-order chi connectivity index (χ0) is 35.8. The Morgan fingerprint density at radius 2 is 1.12 bits per heavy atom. The summed E-state index contributed by atoms with van der Waals surface area (Å²) in [7, 11) is 5.84. The van der Waals surface area contributed by atoms with E-state index in [1.165, 1.54) is 0 Å². The summed E-state index contributed by atoms with van der Waals surface area (Å²) in [4.78, 5) is 30.9. The standard InChI is InChI=1S/C18H33NO5.C17H30N4O4/c1-5-22-17-15(19(3)11-16(17)21-4)12-24-14-9-7-13(8-10-14)18(20)23-6-2;1-4-23-16-14(19-20-18)10-21(3)15(16)11-25-13-8-6-12(7-9-13)17(22)24-5-2/h13-17H,5-12H2,1-4H3;12-16H,4-11H2,1-3H3/t13?,14?,15-,16+,17-;12?,13?,14-,15-,16+/m11/s1. The lowest BCUT2D eigenvalue weighted by atomic mass is 9.87. The zero-order valence-corrected chi connectivity index (χ0v) is 31.0. The highest BCUT2D eigenvalue weighted by Gasteiger charge is 2.42. The van der Waals surface area contributed by atoms with Crippen LogP contribution in [0.5, 0.6) is 0 Å². The maximum Gasteiger partial charge on any atom is 0.308 e. The highest BCUT2D eigenvalue weighted by Crippen LogP contribution is 2.31. The molecule has 0 bridgehead atoms. The number of methoxy groups -OCH3 is 1. The molecule has 2 aliphatic heterocycles. The van der Waals surface area contributed by atoms with Crippen LogP contribution in [0.3, 0.4) is 0 Å². The van der Waals surface area contributed by atoms with Gasteiger partial charge in [-0.05, 0) is 98.7 Å². The molecule has 14 nitrogen and oxygen atoms in total. The fraction of sp³-hybridized carbons (Fsp3) is 0.943. The van der Waals surface area contributed by atoms with Gasteiger partial charge in [-0.1, -0.05) is 5.11 Å². The monoisotopic (exact) mass is 697 g/mol. The van der Waals surface area contributed by atoms with Crippen LogP contribution in [0.4, 0.5) is 0 Å². The molecule has 0 radical (unpaired) electrons. The molecule has 4 fully saturated rings. The van der Waals surface area contributed by atoms with Gasteiger partial charge in [-0.3, -0.25) is 19.4 Å². The highest BCUT2D eigenvalue weighted by molar-refractivity contribution is 5.72. The molecule has 0 unspecified atom stereocenters. The molecule has 14 heteroatoms. The first kappa shape index (κ1) is 41.4. The molecule has 0 aromatic carbocycles. The largest absolute Gasteiger partial charge is 0.466 e. The Labute approximate surface area is 293 Å². The number of hydrogen-bond donors (Lipinski definition) is 0. The second kappa shape index (κ2) is 22.0. The van der Waals surface area contributed by atoms with Gasteiger partial charge in [0.05, 0.1) is 80.8 Å². The van der Waals surface area contributed by atoms with E-state index in [1.54, 1.807) is 7.11 Å². The van der Waals surface area contributed by atoms with Gasteiger partial charge in [-0.15, -0.1) is 0 Å². The summed E-state index contributed by atoms with van der Waals surface area (Å²) in [6.07, 6.45) is 7.37. The summed E-state index contributed by atoms with van der Waals surface area (Å²) in [5, 5.41) is 3.87. The first-order valence-corrected chi connectivity index (χ1v) is 18.5. The topological polar surface area (TPSA) is 154 Å². The van der Waals surface area contributed by atoms with Crippen molar-refractivity contribution in [3.8, 4) is 0 Å². The van der Waals surface area contributed by atoms with Gasteiger partial charge in [0.1, 0.15) is 6.10 Å². The maximum absolute atomic E-state index is 11.8. The van der Waals surface area contributed by atoms with Crippen LogP contribution in [0.25, 0.3) is 10.4 Å². The number of likely N-dealkylation sites (tertiary alicyclic amines) is 2. The summed E-state index contributed by atoms with van der Waals surface area (Å²) < 4.78 is 39.8. The summed E-state index contributed by atoms with van der Waals surface area (Å²) in [5.41, 5.74) is 8.74. The molecule has 0 aromatic heterocycles. The van der Waals surface area contributed by atoms with Crippen LogP contribution in [0.2, 0.25) is 0 Å². The van der Waals surface area contributed by atoms with Gasteiger partial charge < -0.3 is 33.2 Å². The lowest BCUT2D eigenvalue weighted by molar-refractivity contribution is -0.151. The van der Waals surface area contributed by atoms with E-state index < -0.39 is 0 Å². The van der Waals surface area contributed by atoms with Gasteiger partial charge in [0.25, 0.3) is 0 Å². The molecule has 2 saturated heterocycles. The van der Waals surface area contributed by atoms with Crippen molar-refractivity contribution < 1.29 is 42.7 Å². The predicted molar refractivity (Wildman–Crippen MR) is 184 cm³/mol. The van der Waals surface area contributed by atoms with Crippen LogP contribution < -0.4 is 0 Å². The van der Waals surface area contributed by atoms with E-state index in [9.17, 15) is 9.59 Å². The van der Waals surface area contributed by atoms with Gasteiger partial charge in [-0.2, -0.15) is 0 Å². The Balaban J connectivity index is 0.000000266. The second-order valence-corrected chi connectivity index (χ2v) is 13.5. The third kappa shape index (κ3) is 12.3. The van der Waals surface area contributed by atoms with Crippen molar-refractivity contribution in [2.75, 3.05) is 73.9 Å². The van der Waals surface area contributed by atoms with E-state index in [4.69, 9.17) is 38.7 Å². The molecular weight excluding hydrogens is 634 g/mol. The van der Waals surface area contributed by atoms with Crippen molar-refractivity contribution in [3.05, 3.63) is 10.4 Å². The third-order valence-corrected chi connectivity index (χ3v) is 10.4. The molecule has 6 atom stereocenters. The van der Waals surface area contributed by atoms with Crippen molar-refractivity contribution in [2.24, 2.45) is 17.0 Å². The first-order chi connectivity index (χ1) is 23.7. The Bertz CT molecular complexity index is 1020. The van der Waals surface area contributed by atoms with Crippen molar-refractivity contribution >= 4 is 11.9 Å². The minimum atomic E-state index is -0.178. The van der Waals surface area contributed by atoms with Gasteiger partial charge >= 0.3 is 11.9 Å². The van der Waals surface area contributed by atoms with Gasteiger partial charge in [0, 0.05) is 38.3 Å². The van der Waals surface area contributed by atoms with Gasteiger partial charge in [0.15, 0.2) is 0 Å². The molecule has 4 aliphatic rings. The first-order valence-electron chi connectivity index (χ1n) is 18.5. The lowest BCUT2D eigenvalue weighted by Gasteiger charge is -2.31. The van der Waals surface area contributed by atoms with Crippen LogP contribution in [0.1, 0.15) is 79.1 Å². The van der Waals surface area contributed by atoms with Crippen LogP contribution in [-0.2, 0) is 42.7 Å². The smallest absolute Gasteiger partial charge is 0.308 e. The van der Waals surface area contributed by atoms with Crippen molar-refractivity contribution in [2.45, 2.75) is 128 Å². The summed E-state index contributed by atoms with van der Waals surface area (Å²) in [6.45, 7) is 12.6. The number of nitrogens with zero attached hydrogens (tertiary/aromatic N) is 5. The number of esters is 2. The Kier molecular flexibility index (Phi) is 18.6. The minimum Gasteiger partial charge on any atom is -0.466 e. The summed E-state index contributed by atoms with van der Waals surface area (Å²) >= 11 is 0. The quantitative estimate of drug-likeness (QED) is 0.0977. The number of rotatable bonds is 16. The van der Waals surface area contributed by atoms with Crippen molar-refractivity contribution in [1.29, 1.82) is 0 Å². The van der Waals surface area contributed by atoms with E-state index in [0.717, 1.165) is 57.9 Å². The fourth-order valence-electron chi connectivity index (χ4n) is 7.63. The van der Waals surface area contributed by atoms with Crippen LogP contribution >= 0.6 is 0 Å². The van der Waals surface area contributed by atoms with Gasteiger partial charge in [0.2, 0.25) is 0 Å². The molecule has 2 saturated carbocycles. The van der Waals surface area contributed by atoms with Crippen LogP contribution in [0.15, 0.2) is 5.11 Å². The molecule has 0 spiro atoms. The fourth-order valence-corrected chi connectivity index (χ4v) is 7.63. The number of hydrogen-bond acceptors (Lipinski definition) is 12. The molecule has 2 aliphatic carbocycles. The van der Waals surface area contributed by atoms with E-state index >= 15 is 0 Å². The van der Waals surface area contributed by atoms with E-state index in [-0.39, 0.29) is 72.4 Å². The molecule has 4 rings (SSSR count). The SMILES string of the molecule is CCOC(=O)C1CCC(OC[C@@H]2[C@@H](OCC)[C@@H](OC)CN2C)CC1.CCOC(=O)C1CCC(OC[C@@H]2[C@@H](OCC)[C@H](N=[N+]=[N-])CN2C)CC1. The third-order valence-electron chi connectivity index (χ3n) is 10.4. The molecule has 282 valence electrons. The molecular formula is C35H63N5O9.